The van der Waals surface area contributed by atoms with Crippen LogP contribution in [-0.2, 0) is 14.8 Å². The molecule has 9 nitrogen and oxygen atoms in total. The number of hydrogen-bond donors (Lipinski definition) is 3. The SMILES string of the molecule is COC(=O)Nc1ccc(S(=O)(=O)NC[C@H](O)c2ccc(OC)c(OC)c2)cc1. The van der Waals surface area contributed by atoms with E-state index in [4.69, 9.17) is 9.47 Å². The van der Waals surface area contributed by atoms with E-state index in [9.17, 15) is 18.3 Å². The summed E-state index contributed by atoms with van der Waals surface area (Å²) in [6, 6.07) is 10.3. The van der Waals surface area contributed by atoms with Crippen LogP contribution in [0, 0.1) is 0 Å². The monoisotopic (exact) mass is 410 g/mol. The topological polar surface area (TPSA) is 123 Å². The predicted molar refractivity (Wildman–Crippen MR) is 102 cm³/mol. The Labute approximate surface area is 163 Å². The molecular weight excluding hydrogens is 388 g/mol. The number of aliphatic hydroxyl groups is 1. The molecule has 2 aromatic carbocycles. The molecule has 0 fully saturated rings. The third-order valence-corrected chi connectivity index (χ3v) is 5.29. The van der Waals surface area contributed by atoms with Crippen LogP contribution in [0.15, 0.2) is 47.4 Å². The number of carbonyl (C=O) groups is 1. The number of anilines is 1. The van der Waals surface area contributed by atoms with Crippen LogP contribution in [0.4, 0.5) is 10.5 Å². The number of hydrogen-bond acceptors (Lipinski definition) is 7. The van der Waals surface area contributed by atoms with E-state index >= 15 is 0 Å². The summed E-state index contributed by atoms with van der Waals surface area (Å²) in [6.45, 7) is -0.236. The maximum Gasteiger partial charge on any atom is 0.411 e. The van der Waals surface area contributed by atoms with Crippen LogP contribution in [-0.4, -0.2) is 47.5 Å². The van der Waals surface area contributed by atoms with E-state index < -0.39 is 22.2 Å². The summed E-state index contributed by atoms with van der Waals surface area (Å²) in [5.74, 6) is 0.926. The van der Waals surface area contributed by atoms with Gasteiger partial charge >= 0.3 is 6.09 Å². The molecule has 1 amide bonds. The first-order valence-electron chi connectivity index (χ1n) is 8.15. The Morgan fingerprint density at radius 3 is 2.25 bits per heavy atom. The second-order valence-electron chi connectivity index (χ2n) is 5.62. The van der Waals surface area contributed by atoms with Gasteiger partial charge in [-0.05, 0) is 42.0 Å². The van der Waals surface area contributed by atoms with Gasteiger partial charge in [0.2, 0.25) is 10.0 Å². The Morgan fingerprint density at radius 1 is 1.04 bits per heavy atom. The van der Waals surface area contributed by atoms with E-state index in [1.807, 2.05) is 0 Å². The molecule has 10 heteroatoms. The van der Waals surface area contributed by atoms with Crippen LogP contribution in [0.5, 0.6) is 11.5 Å². The van der Waals surface area contributed by atoms with Crippen molar-refractivity contribution in [3.63, 3.8) is 0 Å². The second-order valence-corrected chi connectivity index (χ2v) is 7.39. The van der Waals surface area contributed by atoms with Crippen LogP contribution >= 0.6 is 0 Å². The van der Waals surface area contributed by atoms with Gasteiger partial charge in [0.15, 0.2) is 11.5 Å². The largest absolute Gasteiger partial charge is 0.493 e. The Bertz CT molecular complexity index is 914. The van der Waals surface area contributed by atoms with Crippen molar-refractivity contribution in [1.29, 1.82) is 0 Å². The lowest BCUT2D eigenvalue weighted by Gasteiger charge is -2.15. The third-order valence-electron chi connectivity index (χ3n) is 3.86. The molecule has 0 aliphatic rings. The van der Waals surface area contributed by atoms with E-state index in [0.29, 0.717) is 22.7 Å². The number of ether oxygens (including phenoxy) is 3. The first-order valence-corrected chi connectivity index (χ1v) is 9.63. The second kappa shape index (κ2) is 9.40. The van der Waals surface area contributed by atoms with Crippen molar-refractivity contribution in [1.82, 2.24) is 4.72 Å². The standard InChI is InChI=1S/C18H22N2O7S/c1-25-16-9-4-12(10-17(16)26-2)15(21)11-19-28(23,24)14-7-5-13(6-8-14)20-18(22)27-3/h4-10,15,19,21H,11H2,1-3H3,(H,20,22)/t15-/m0/s1. The quantitative estimate of drug-likeness (QED) is 0.607. The average Bonchev–Trinajstić information content (AvgIpc) is 2.71. The zero-order chi connectivity index (χ0) is 20.7. The van der Waals surface area contributed by atoms with E-state index in [1.54, 1.807) is 18.2 Å². The van der Waals surface area contributed by atoms with Crippen molar-refractivity contribution in [3.05, 3.63) is 48.0 Å². The summed E-state index contributed by atoms with van der Waals surface area (Å²) < 4.78 is 41.9. The van der Waals surface area contributed by atoms with Gasteiger partial charge in [-0.25, -0.2) is 17.9 Å². The number of amides is 1. The Balaban J connectivity index is 2.05. The van der Waals surface area contributed by atoms with Crippen molar-refractivity contribution in [2.75, 3.05) is 33.2 Å². The smallest absolute Gasteiger partial charge is 0.411 e. The number of sulfonamides is 1. The molecule has 0 bridgehead atoms. The van der Waals surface area contributed by atoms with Crippen molar-refractivity contribution < 1.29 is 32.5 Å². The highest BCUT2D eigenvalue weighted by molar-refractivity contribution is 7.89. The van der Waals surface area contributed by atoms with Crippen LogP contribution in [0.25, 0.3) is 0 Å². The summed E-state index contributed by atoms with van der Waals surface area (Å²) in [6.07, 6.45) is -1.75. The minimum absolute atomic E-state index is 0.0116. The zero-order valence-electron chi connectivity index (χ0n) is 15.6. The van der Waals surface area contributed by atoms with Gasteiger partial charge < -0.3 is 19.3 Å². The van der Waals surface area contributed by atoms with Crippen molar-refractivity contribution in [2.45, 2.75) is 11.0 Å². The minimum atomic E-state index is -3.85. The van der Waals surface area contributed by atoms with E-state index in [2.05, 4.69) is 14.8 Å². The molecule has 0 saturated heterocycles. The van der Waals surface area contributed by atoms with Gasteiger partial charge in [0.25, 0.3) is 0 Å². The lowest BCUT2D eigenvalue weighted by Crippen LogP contribution is -2.28. The third kappa shape index (κ3) is 5.35. The Morgan fingerprint density at radius 2 is 1.68 bits per heavy atom. The van der Waals surface area contributed by atoms with Crippen LogP contribution in [0.3, 0.4) is 0 Å². The number of rotatable bonds is 8. The highest BCUT2D eigenvalue weighted by atomic mass is 32.2. The fraction of sp³-hybridized carbons (Fsp3) is 0.278. The van der Waals surface area contributed by atoms with E-state index in [0.717, 1.165) is 0 Å². The van der Waals surface area contributed by atoms with Crippen molar-refractivity contribution in [3.8, 4) is 11.5 Å². The van der Waals surface area contributed by atoms with Gasteiger partial charge in [-0.3, -0.25) is 5.32 Å². The lowest BCUT2D eigenvalue weighted by molar-refractivity contribution is 0.181. The first-order chi connectivity index (χ1) is 13.3. The molecule has 1 atom stereocenters. The van der Waals surface area contributed by atoms with Gasteiger partial charge in [0, 0.05) is 12.2 Å². The van der Waals surface area contributed by atoms with Crippen LogP contribution in [0.1, 0.15) is 11.7 Å². The molecule has 0 heterocycles. The minimum Gasteiger partial charge on any atom is -0.493 e. The number of aliphatic hydroxyl groups excluding tert-OH is 1. The van der Waals surface area contributed by atoms with Crippen LogP contribution in [0.2, 0.25) is 0 Å². The number of benzene rings is 2. The zero-order valence-corrected chi connectivity index (χ0v) is 16.4. The molecule has 0 aromatic heterocycles. The van der Waals surface area contributed by atoms with Gasteiger partial charge in [-0.1, -0.05) is 6.07 Å². The van der Waals surface area contributed by atoms with Gasteiger partial charge in [-0.2, -0.15) is 0 Å². The summed E-state index contributed by atoms with van der Waals surface area (Å²) >= 11 is 0. The summed E-state index contributed by atoms with van der Waals surface area (Å²) in [5.41, 5.74) is 0.856. The molecule has 152 valence electrons. The van der Waals surface area contributed by atoms with Crippen LogP contribution < -0.4 is 19.5 Å². The van der Waals surface area contributed by atoms with E-state index in [1.165, 1.54) is 45.6 Å². The molecule has 0 unspecified atom stereocenters. The molecule has 0 saturated carbocycles. The van der Waals surface area contributed by atoms with Gasteiger partial charge in [0.05, 0.1) is 32.3 Å². The van der Waals surface area contributed by atoms with Gasteiger partial charge in [-0.15, -0.1) is 0 Å². The average molecular weight is 410 g/mol. The highest BCUT2D eigenvalue weighted by Crippen LogP contribution is 2.30. The Hall–Kier alpha value is -2.82. The molecule has 0 spiro atoms. The number of methoxy groups -OCH3 is 3. The molecule has 3 N–H and O–H groups in total. The molecule has 0 radical (unpaired) electrons. The molecule has 28 heavy (non-hydrogen) atoms. The predicted octanol–water partition coefficient (Wildman–Crippen LogP) is 1.89. The summed E-state index contributed by atoms with van der Waals surface area (Å²) in [4.78, 5) is 11.1. The molecule has 0 aliphatic heterocycles. The summed E-state index contributed by atoms with van der Waals surface area (Å²) in [5, 5.41) is 12.7. The van der Waals surface area contributed by atoms with E-state index in [-0.39, 0.29) is 11.4 Å². The number of carbonyl (C=O) groups excluding carboxylic acids is 1. The molecule has 2 rings (SSSR count). The maximum absolute atomic E-state index is 12.4. The molecule has 0 aliphatic carbocycles. The number of nitrogens with one attached hydrogen (secondary N) is 2. The first kappa shape index (κ1) is 21.5. The molecular formula is C18H22N2O7S. The normalized spacial score (nSPS) is 12.1. The van der Waals surface area contributed by atoms with Crippen molar-refractivity contribution in [2.24, 2.45) is 0 Å². The molecule has 2 aromatic rings. The Kier molecular flexibility index (Phi) is 7.21. The fourth-order valence-corrected chi connectivity index (χ4v) is 3.37. The van der Waals surface area contributed by atoms with Crippen molar-refractivity contribution >= 4 is 21.8 Å². The maximum atomic E-state index is 12.4. The lowest BCUT2D eigenvalue weighted by atomic mass is 10.1. The fourth-order valence-electron chi connectivity index (χ4n) is 2.34. The summed E-state index contributed by atoms with van der Waals surface area (Å²) in [7, 11) is 0.333. The van der Waals surface area contributed by atoms with Gasteiger partial charge in [0.1, 0.15) is 0 Å². The highest BCUT2D eigenvalue weighted by Gasteiger charge is 2.18.